The number of nitrogens with one attached hydrogen (secondary N) is 2. The van der Waals surface area contributed by atoms with Crippen LogP contribution >= 0.6 is 0 Å². The Morgan fingerprint density at radius 3 is 2.23 bits per heavy atom. The van der Waals surface area contributed by atoms with E-state index in [-0.39, 0.29) is 29.9 Å². The number of carbonyl (C=O) groups excluding carboxylic acids is 3. The normalized spacial score (nSPS) is 28.8. The Morgan fingerprint density at radius 2 is 1.52 bits per heavy atom. The van der Waals surface area contributed by atoms with Crippen molar-refractivity contribution in [2.75, 3.05) is 32.7 Å². The second-order valence-electron chi connectivity index (χ2n) is 19.7. The third kappa shape index (κ3) is 13.2. The first kappa shape index (κ1) is 46.6. The van der Waals surface area contributed by atoms with Crippen molar-refractivity contribution in [3.63, 3.8) is 0 Å². The highest BCUT2D eigenvalue weighted by Gasteiger charge is 2.59. The summed E-state index contributed by atoms with van der Waals surface area (Å²) >= 11 is 0. The molecule has 8 heteroatoms. The zero-order valence-corrected chi connectivity index (χ0v) is 37.1. The van der Waals surface area contributed by atoms with Gasteiger partial charge in [0, 0.05) is 32.5 Å². The van der Waals surface area contributed by atoms with Crippen molar-refractivity contribution < 1.29 is 19.1 Å². The molecule has 0 aliphatic heterocycles. The lowest BCUT2D eigenvalue weighted by Crippen LogP contribution is -2.51. The van der Waals surface area contributed by atoms with Crippen LogP contribution in [0.5, 0.6) is 0 Å². The molecule has 0 aromatic rings. The molecule has 56 heavy (non-hydrogen) atoms. The molecule has 0 bridgehead atoms. The van der Waals surface area contributed by atoms with Crippen LogP contribution < -0.4 is 16.4 Å². The van der Waals surface area contributed by atoms with E-state index in [1.807, 2.05) is 0 Å². The first-order valence-electron chi connectivity index (χ1n) is 23.8. The van der Waals surface area contributed by atoms with Gasteiger partial charge >= 0.3 is 6.09 Å². The molecule has 3 fully saturated rings. The Hall–Kier alpha value is -2.09. The summed E-state index contributed by atoms with van der Waals surface area (Å²) in [5.74, 6) is 4.66. The van der Waals surface area contributed by atoms with E-state index >= 15 is 0 Å². The third-order valence-electron chi connectivity index (χ3n) is 15.3. The molecule has 3 amide bonds. The van der Waals surface area contributed by atoms with Crippen LogP contribution in [0.15, 0.2) is 11.6 Å². The lowest BCUT2D eigenvalue weighted by molar-refractivity contribution is -0.123. The fourth-order valence-electron chi connectivity index (χ4n) is 11.9. The van der Waals surface area contributed by atoms with Crippen LogP contribution in [0, 0.1) is 46.3 Å². The van der Waals surface area contributed by atoms with E-state index < -0.39 is 6.09 Å². The van der Waals surface area contributed by atoms with E-state index in [2.05, 4.69) is 58.3 Å². The smallest absolute Gasteiger partial charge is 0.410 e. The highest BCUT2D eigenvalue weighted by atomic mass is 16.6. The molecular weight excluding hydrogens is 697 g/mol. The van der Waals surface area contributed by atoms with Gasteiger partial charge < -0.3 is 21.1 Å². The minimum Gasteiger partial charge on any atom is -0.446 e. The predicted octanol–water partition coefficient (Wildman–Crippen LogP) is 10.7. The van der Waals surface area contributed by atoms with Crippen molar-refractivity contribution in [3.05, 3.63) is 11.6 Å². The Kier molecular flexibility index (Phi) is 19.5. The van der Waals surface area contributed by atoms with Gasteiger partial charge in [-0.1, -0.05) is 124 Å². The summed E-state index contributed by atoms with van der Waals surface area (Å²) in [5.41, 5.74) is 7.79. The topological polar surface area (TPSA) is 114 Å². The second kappa shape index (κ2) is 23.5. The molecular formula is C48H86N4O4. The Balaban J connectivity index is 1.26. The summed E-state index contributed by atoms with van der Waals surface area (Å²) in [6, 6.07) is 0. The van der Waals surface area contributed by atoms with Gasteiger partial charge in [0.2, 0.25) is 11.8 Å². The van der Waals surface area contributed by atoms with E-state index in [1.54, 1.807) is 0 Å². The maximum atomic E-state index is 13.7. The summed E-state index contributed by atoms with van der Waals surface area (Å²) in [6.45, 7) is 16.5. The number of rotatable bonds is 25. The predicted molar refractivity (Wildman–Crippen MR) is 231 cm³/mol. The minimum atomic E-state index is -0.421. The number of nitrogens with zero attached hydrogens (tertiary/aromatic N) is 1. The highest BCUT2D eigenvalue weighted by Crippen LogP contribution is 2.67. The molecule has 8 nitrogen and oxygen atoms in total. The Bertz CT molecular complexity index is 1240. The second-order valence-corrected chi connectivity index (χ2v) is 19.7. The van der Waals surface area contributed by atoms with Crippen LogP contribution in [0.3, 0.4) is 0 Å². The molecule has 0 aromatic heterocycles. The summed E-state index contributed by atoms with van der Waals surface area (Å²) < 4.78 is 6.23. The van der Waals surface area contributed by atoms with Crippen molar-refractivity contribution in [2.45, 2.75) is 195 Å². The van der Waals surface area contributed by atoms with Gasteiger partial charge in [-0.25, -0.2) is 4.79 Å². The fraction of sp³-hybridized carbons (Fsp3) is 0.896. The molecule has 0 spiro atoms. The number of amides is 3. The summed E-state index contributed by atoms with van der Waals surface area (Å²) in [6.07, 6.45) is 28.3. The lowest BCUT2D eigenvalue weighted by atomic mass is 9.47. The summed E-state index contributed by atoms with van der Waals surface area (Å²) in [5, 5.41) is 5.93. The van der Waals surface area contributed by atoms with Gasteiger partial charge in [-0.3, -0.25) is 14.5 Å². The maximum absolute atomic E-state index is 13.7. The van der Waals surface area contributed by atoms with Crippen LogP contribution in [0.25, 0.3) is 0 Å². The van der Waals surface area contributed by atoms with E-state index in [1.165, 1.54) is 107 Å². The quantitative estimate of drug-likeness (QED) is 0.0630. The van der Waals surface area contributed by atoms with E-state index in [0.717, 1.165) is 67.6 Å². The SMILES string of the molecule is CCCCCCCCCCCC(=O)NCCCN(CC(=O)NCCCN)C(=O)O[C@H]1CC[C@@]2(C)C(=CC[C@H]3[C@@H]4CC[C@H]([C@H](C)CCCC(C)C)[C@@]4(C)CC[C@@H]32)C1. The van der Waals surface area contributed by atoms with E-state index in [4.69, 9.17) is 10.5 Å². The first-order valence-corrected chi connectivity index (χ1v) is 23.8. The van der Waals surface area contributed by atoms with Crippen molar-refractivity contribution >= 4 is 17.9 Å². The molecule has 4 aliphatic carbocycles. The van der Waals surface area contributed by atoms with Gasteiger partial charge in [-0.2, -0.15) is 0 Å². The van der Waals surface area contributed by atoms with Gasteiger partial charge in [0.15, 0.2) is 0 Å². The fourth-order valence-corrected chi connectivity index (χ4v) is 11.9. The highest BCUT2D eigenvalue weighted by molar-refractivity contribution is 5.82. The van der Waals surface area contributed by atoms with Gasteiger partial charge in [-0.05, 0) is 117 Å². The standard InChI is InChI=1S/C48H86N4O4/c1-7-8-9-10-11-12-13-14-15-21-44(53)50-32-18-33-52(35-45(54)51-31-17-30-49)46(55)56-39-26-28-47(5)38(34-39)22-23-40-42-25-24-41(37(4)20-16-19-36(2)3)48(42,6)29-27-43(40)47/h22,36-37,39-43H,7-21,23-35,49H2,1-6H3,(H,50,53)(H,51,54)/t37-,39+,40+,41-,42+,43+,47+,48-/m1/s1. The number of unbranched alkanes of at least 4 members (excludes halogenated alkanes) is 8. The molecule has 322 valence electrons. The van der Waals surface area contributed by atoms with Crippen LogP contribution in [0.1, 0.15) is 189 Å². The zero-order chi connectivity index (χ0) is 40.6. The lowest BCUT2D eigenvalue weighted by Gasteiger charge is -2.58. The average Bonchev–Trinajstić information content (AvgIpc) is 3.52. The number of carbonyl (C=O) groups is 3. The number of hydrogen-bond donors (Lipinski definition) is 3. The molecule has 0 heterocycles. The molecule has 0 aromatic carbocycles. The van der Waals surface area contributed by atoms with Gasteiger partial charge in [0.25, 0.3) is 0 Å². The van der Waals surface area contributed by atoms with Crippen LogP contribution in [-0.4, -0.2) is 61.6 Å². The van der Waals surface area contributed by atoms with E-state index in [9.17, 15) is 14.4 Å². The molecule has 4 rings (SSSR count). The van der Waals surface area contributed by atoms with Gasteiger partial charge in [-0.15, -0.1) is 0 Å². The maximum Gasteiger partial charge on any atom is 0.410 e. The number of nitrogens with two attached hydrogens (primary N) is 1. The molecule has 4 N–H and O–H groups in total. The minimum absolute atomic E-state index is 0.0514. The van der Waals surface area contributed by atoms with Crippen LogP contribution in [0.2, 0.25) is 0 Å². The Morgan fingerprint density at radius 1 is 0.821 bits per heavy atom. The monoisotopic (exact) mass is 783 g/mol. The average molecular weight is 783 g/mol. The largest absolute Gasteiger partial charge is 0.446 e. The van der Waals surface area contributed by atoms with Crippen molar-refractivity contribution in [1.82, 2.24) is 15.5 Å². The van der Waals surface area contributed by atoms with E-state index in [0.29, 0.717) is 50.9 Å². The summed E-state index contributed by atoms with van der Waals surface area (Å²) in [4.78, 5) is 40.6. The number of fused-ring (bicyclic) bond motifs is 5. The molecule has 0 saturated heterocycles. The van der Waals surface area contributed by atoms with Gasteiger partial charge in [0.1, 0.15) is 12.6 Å². The van der Waals surface area contributed by atoms with Crippen LogP contribution in [-0.2, 0) is 14.3 Å². The van der Waals surface area contributed by atoms with Gasteiger partial charge in [0.05, 0.1) is 0 Å². The van der Waals surface area contributed by atoms with Crippen molar-refractivity contribution in [3.8, 4) is 0 Å². The molecule has 4 aliphatic rings. The Labute approximate surface area is 343 Å². The number of hydrogen-bond acceptors (Lipinski definition) is 5. The molecule has 8 atom stereocenters. The number of ether oxygens (including phenoxy) is 1. The molecule has 0 radical (unpaired) electrons. The van der Waals surface area contributed by atoms with Crippen molar-refractivity contribution in [1.29, 1.82) is 0 Å². The zero-order valence-electron chi connectivity index (χ0n) is 37.1. The summed E-state index contributed by atoms with van der Waals surface area (Å²) in [7, 11) is 0. The first-order chi connectivity index (χ1) is 26.9. The molecule has 3 saturated carbocycles. The third-order valence-corrected chi connectivity index (χ3v) is 15.3. The molecule has 0 unspecified atom stereocenters. The number of allylic oxidation sites excluding steroid dienone is 1. The van der Waals surface area contributed by atoms with Crippen LogP contribution in [0.4, 0.5) is 4.79 Å². The van der Waals surface area contributed by atoms with Crippen molar-refractivity contribution in [2.24, 2.45) is 52.1 Å².